The normalized spacial score (nSPS) is 9.62. The first-order valence-corrected chi connectivity index (χ1v) is 4.41. The lowest BCUT2D eigenvalue weighted by Gasteiger charge is -2.04. The van der Waals surface area contributed by atoms with Gasteiger partial charge < -0.3 is 9.16 Å². The minimum Gasteiger partial charge on any atom is -0.491 e. The molecule has 0 bridgehead atoms. The second kappa shape index (κ2) is 5.56. The van der Waals surface area contributed by atoms with E-state index in [2.05, 4.69) is 21.5 Å². The third-order valence-electron chi connectivity index (χ3n) is 1.57. The molecule has 0 fully saturated rings. The minimum atomic E-state index is 0.528. The minimum absolute atomic E-state index is 0.528. The first-order valence-electron chi connectivity index (χ1n) is 4.00. The van der Waals surface area contributed by atoms with Gasteiger partial charge in [-0.2, -0.15) is 0 Å². The van der Waals surface area contributed by atoms with Gasteiger partial charge in [0.15, 0.2) is 0 Å². The van der Waals surface area contributed by atoms with Crippen LogP contribution in [0.4, 0.5) is 0 Å². The van der Waals surface area contributed by atoms with Gasteiger partial charge in [-0.05, 0) is 17.7 Å². The highest BCUT2D eigenvalue weighted by molar-refractivity contribution is 5.97. The van der Waals surface area contributed by atoms with Crippen LogP contribution in [0.25, 0.3) is 6.08 Å². The van der Waals surface area contributed by atoms with E-state index in [9.17, 15) is 0 Å². The molecule has 1 aromatic rings. The van der Waals surface area contributed by atoms with E-state index in [1.54, 1.807) is 6.08 Å². The molecule has 0 aliphatic carbocycles. The molecule has 0 unspecified atom stereocenters. The zero-order chi connectivity index (χ0) is 9.52. The summed E-state index contributed by atoms with van der Waals surface area (Å²) < 4.78 is 10.0. The maximum Gasteiger partial charge on any atom is 0.246 e. The highest BCUT2D eigenvalue weighted by Crippen LogP contribution is 2.12. The van der Waals surface area contributed by atoms with Crippen LogP contribution in [0.2, 0.25) is 0 Å². The molecule has 2 nitrogen and oxygen atoms in total. The predicted molar refractivity (Wildman–Crippen MR) is 53.7 cm³/mol. The molecule has 0 aromatic heterocycles. The Balaban J connectivity index is 2.44. The van der Waals surface area contributed by atoms with Gasteiger partial charge in [0.2, 0.25) is 10.5 Å². The summed E-state index contributed by atoms with van der Waals surface area (Å²) in [6.07, 6.45) is 1.80. The molecule has 0 aliphatic heterocycles. The van der Waals surface area contributed by atoms with Crippen molar-refractivity contribution >= 4 is 16.6 Å². The Morgan fingerprint density at radius 2 is 1.92 bits per heavy atom. The van der Waals surface area contributed by atoms with Crippen LogP contribution in [0.5, 0.6) is 5.75 Å². The molecule has 3 radical (unpaired) electrons. The van der Waals surface area contributed by atoms with Crippen molar-refractivity contribution in [3.63, 3.8) is 0 Å². The fourth-order valence-electron chi connectivity index (χ4n) is 0.901. The van der Waals surface area contributed by atoms with E-state index in [-0.39, 0.29) is 0 Å². The van der Waals surface area contributed by atoms with Gasteiger partial charge in [0.25, 0.3) is 0 Å². The van der Waals surface area contributed by atoms with Crippen LogP contribution in [-0.2, 0) is 4.43 Å². The van der Waals surface area contributed by atoms with E-state index in [4.69, 9.17) is 4.74 Å². The lowest BCUT2D eigenvalue weighted by atomic mass is 10.2. The molecule has 0 spiro atoms. The molecular weight excluding hydrogens is 180 g/mol. The molecule has 67 valence electrons. The lowest BCUT2D eigenvalue weighted by molar-refractivity contribution is 0.229. The summed E-state index contributed by atoms with van der Waals surface area (Å²) in [6, 6.07) is 7.73. The second-order valence-electron chi connectivity index (χ2n) is 2.47. The predicted octanol–water partition coefficient (Wildman–Crippen LogP) is 1.81. The average molecular weight is 191 g/mol. The van der Waals surface area contributed by atoms with Crippen molar-refractivity contribution in [3.8, 4) is 5.75 Å². The Hall–Kier alpha value is -1.06. The molecular formula is C10H11O2Si. The number of hydrogen-bond acceptors (Lipinski definition) is 2. The Labute approximate surface area is 81.7 Å². The van der Waals surface area contributed by atoms with Gasteiger partial charge in [-0.25, -0.2) is 0 Å². The van der Waals surface area contributed by atoms with Gasteiger partial charge in [-0.1, -0.05) is 24.8 Å². The van der Waals surface area contributed by atoms with E-state index in [1.165, 1.54) is 0 Å². The SMILES string of the molecule is C=Cc1ccc(OCCO[Si])cc1. The first kappa shape index (κ1) is 10.0. The van der Waals surface area contributed by atoms with E-state index >= 15 is 0 Å². The van der Waals surface area contributed by atoms with E-state index in [1.807, 2.05) is 24.3 Å². The molecule has 0 heterocycles. The molecule has 0 amide bonds. The van der Waals surface area contributed by atoms with Crippen molar-refractivity contribution in [3.05, 3.63) is 36.4 Å². The lowest BCUT2D eigenvalue weighted by Crippen LogP contribution is -2.04. The molecule has 0 saturated heterocycles. The summed E-state index contributed by atoms with van der Waals surface area (Å²) >= 11 is 0. The fraction of sp³-hybridized carbons (Fsp3) is 0.200. The number of rotatable bonds is 5. The Kier molecular flexibility index (Phi) is 4.29. The van der Waals surface area contributed by atoms with Crippen molar-refractivity contribution in [2.45, 2.75) is 0 Å². The molecule has 1 rings (SSSR count). The van der Waals surface area contributed by atoms with Gasteiger partial charge >= 0.3 is 0 Å². The van der Waals surface area contributed by atoms with Crippen molar-refractivity contribution in [2.24, 2.45) is 0 Å². The van der Waals surface area contributed by atoms with Gasteiger partial charge in [-0.15, -0.1) is 0 Å². The van der Waals surface area contributed by atoms with Crippen LogP contribution in [0.3, 0.4) is 0 Å². The molecule has 1 aromatic carbocycles. The third-order valence-corrected chi connectivity index (χ3v) is 1.77. The van der Waals surface area contributed by atoms with Crippen molar-refractivity contribution in [2.75, 3.05) is 13.2 Å². The zero-order valence-electron chi connectivity index (χ0n) is 7.32. The maximum absolute atomic E-state index is 5.36. The van der Waals surface area contributed by atoms with Crippen LogP contribution >= 0.6 is 0 Å². The summed E-state index contributed by atoms with van der Waals surface area (Å²) in [5, 5.41) is 0. The molecule has 13 heavy (non-hydrogen) atoms. The van der Waals surface area contributed by atoms with Crippen LogP contribution in [0.1, 0.15) is 5.56 Å². The maximum atomic E-state index is 5.36. The van der Waals surface area contributed by atoms with Crippen LogP contribution in [-0.4, -0.2) is 23.7 Å². The zero-order valence-corrected chi connectivity index (χ0v) is 8.32. The van der Waals surface area contributed by atoms with Crippen molar-refractivity contribution in [1.82, 2.24) is 0 Å². The highest BCUT2D eigenvalue weighted by atomic mass is 28.2. The van der Waals surface area contributed by atoms with Gasteiger partial charge in [0.1, 0.15) is 12.4 Å². The molecule has 0 aliphatic rings. The summed E-state index contributed by atoms with van der Waals surface area (Å²) in [4.78, 5) is 0. The number of hydrogen-bond donors (Lipinski definition) is 0. The third kappa shape index (κ3) is 3.44. The summed E-state index contributed by atoms with van der Waals surface area (Å²) in [5.74, 6) is 0.842. The quantitative estimate of drug-likeness (QED) is 0.522. The Bertz CT molecular complexity index is 256. The first-order chi connectivity index (χ1) is 6.36. The van der Waals surface area contributed by atoms with Crippen LogP contribution in [0.15, 0.2) is 30.8 Å². The van der Waals surface area contributed by atoms with Gasteiger partial charge in [-0.3, -0.25) is 0 Å². The Morgan fingerprint density at radius 1 is 1.23 bits per heavy atom. The monoisotopic (exact) mass is 191 g/mol. The topological polar surface area (TPSA) is 18.5 Å². The van der Waals surface area contributed by atoms with E-state index in [0.29, 0.717) is 13.2 Å². The molecule has 3 heteroatoms. The summed E-state index contributed by atoms with van der Waals surface area (Å²) in [7, 11) is 2.90. The number of benzene rings is 1. The smallest absolute Gasteiger partial charge is 0.246 e. The van der Waals surface area contributed by atoms with Crippen LogP contribution in [0, 0.1) is 0 Å². The second-order valence-corrected chi connectivity index (χ2v) is 2.76. The molecule has 0 atom stereocenters. The molecule has 0 saturated carbocycles. The summed E-state index contributed by atoms with van der Waals surface area (Å²) in [6.45, 7) is 4.74. The highest BCUT2D eigenvalue weighted by Gasteiger charge is 1.92. The standard InChI is InChI=1S/C10H11O2Si/c1-2-9-3-5-10(6-4-9)11-7-8-12-13/h2-6H,1,7-8H2. The van der Waals surface area contributed by atoms with Gasteiger partial charge in [0.05, 0.1) is 6.61 Å². The number of ether oxygens (including phenoxy) is 1. The Morgan fingerprint density at radius 3 is 2.46 bits per heavy atom. The van der Waals surface area contributed by atoms with E-state index in [0.717, 1.165) is 11.3 Å². The van der Waals surface area contributed by atoms with Crippen LogP contribution < -0.4 is 4.74 Å². The van der Waals surface area contributed by atoms with Gasteiger partial charge in [0, 0.05) is 0 Å². The largest absolute Gasteiger partial charge is 0.491 e. The average Bonchev–Trinajstić information content (AvgIpc) is 2.19. The molecule has 0 N–H and O–H groups in total. The van der Waals surface area contributed by atoms with Crippen molar-refractivity contribution < 1.29 is 9.16 Å². The summed E-state index contributed by atoms with van der Waals surface area (Å²) in [5.41, 5.74) is 1.09. The van der Waals surface area contributed by atoms with Crippen molar-refractivity contribution in [1.29, 1.82) is 0 Å². The fourth-order valence-corrected chi connectivity index (χ4v) is 0.985. The van der Waals surface area contributed by atoms with E-state index < -0.39 is 0 Å².